The average molecular weight is 333 g/mol. The first-order valence-corrected chi connectivity index (χ1v) is 8.05. The summed E-state index contributed by atoms with van der Waals surface area (Å²) >= 11 is 0. The van der Waals surface area contributed by atoms with E-state index < -0.39 is 6.10 Å². The van der Waals surface area contributed by atoms with E-state index in [9.17, 15) is 5.11 Å². The van der Waals surface area contributed by atoms with Crippen LogP contribution in [0.15, 0.2) is 42.6 Å². The standard InChI is InChI=1S/C19H19N5O/c1-10(25)11-4-3-5-12(8-11)14-9-15-16(18(20)23-19(21)22-15)13-6-7-24(2)17(13)14/h3-10,25H,1-2H3,(H4,20,21,22,23). The molecule has 1 atom stereocenters. The van der Waals surface area contributed by atoms with Crippen LogP contribution in [0.3, 0.4) is 0 Å². The van der Waals surface area contributed by atoms with E-state index in [1.165, 1.54) is 0 Å². The molecule has 0 amide bonds. The van der Waals surface area contributed by atoms with Gasteiger partial charge in [-0.3, -0.25) is 0 Å². The normalized spacial score (nSPS) is 12.8. The van der Waals surface area contributed by atoms with Crippen molar-refractivity contribution < 1.29 is 5.11 Å². The van der Waals surface area contributed by atoms with Crippen LogP contribution >= 0.6 is 0 Å². The van der Waals surface area contributed by atoms with E-state index in [2.05, 4.69) is 14.5 Å². The quantitative estimate of drug-likeness (QED) is 0.523. The number of fused-ring (bicyclic) bond motifs is 3. The van der Waals surface area contributed by atoms with Crippen molar-refractivity contribution in [1.82, 2.24) is 14.5 Å². The number of anilines is 2. The number of nitrogens with zero attached hydrogens (tertiary/aromatic N) is 3. The van der Waals surface area contributed by atoms with Crippen molar-refractivity contribution in [2.45, 2.75) is 13.0 Å². The summed E-state index contributed by atoms with van der Waals surface area (Å²) in [6.07, 6.45) is 1.46. The number of benzene rings is 2. The Hall–Kier alpha value is -3.12. The topological polar surface area (TPSA) is 103 Å². The highest BCUT2D eigenvalue weighted by atomic mass is 16.3. The van der Waals surface area contributed by atoms with Crippen molar-refractivity contribution in [3.05, 3.63) is 48.2 Å². The van der Waals surface area contributed by atoms with Gasteiger partial charge in [-0.15, -0.1) is 0 Å². The minimum absolute atomic E-state index is 0.156. The number of rotatable bonds is 2. The summed E-state index contributed by atoms with van der Waals surface area (Å²) in [6, 6.07) is 11.9. The number of nitrogens with two attached hydrogens (primary N) is 2. The van der Waals surface area contributed by atoms with Crippen molar-refractivity contribution in [3.8, 4) is 11.1 Å². The third-order valence-electron chi connectivity index (χ3n) is 4.54. The first-order chi connectivity index (χ1) is 12.0. The van der Waals surface area contributed by atoms with Gasteiger partial charge in [0, 0.05) is 24.2 Å². The largest absolute Gasteiger partial charge is 0.389 e. The van der Waals surface area contributed by atoms with Crippen LogP contribution in [0.25, 0.3) is 32.9 Å². The zero-order chi connectivity index (χ0) is 17.7. The number of aliphatic hydroxyl groups is 1. The first-order valence-electron chi connectivity index (χ1n) is 8.05. The van der Waals surface area contributed by atoms with Gasteiger partial charge < -0.3 is 21.1 Å². The monoisotopic (exact) mass is 333 g/mol. The van der Waals surface area contributed by atoms with Gasteiger partial charge in [0.1, 0.15) is 5.82 Å². The Bertz CT molecular complexity index is 1110. The molecule has 0 saturated heterocycles. The summed E-state index contributed by atoms with van der Waals surface area (Å²) in [5, 5.41) is 11.7. The summed E-state index contributed by atoms with van der Waals surface area (Å²) in [5.41, 5.74) is 16.5. The van der Waals surface area contributed by atoms with Gasteiger partial charge in [-0.05, 0) is 36.2 Å². The maximum atomic E-state index is 9.91. The molecule has 6 heteroatoms. The van der Waals surface area contributed by atoms with Crippen LogP contribution in [0, 0.1) is 0 Å². The van der Waals surface area contributed by atoms with Crippen LogP contribution in [0.5, 0.6) is 0 Å². The maximum absolute atomic E-state index is 9.91. The van der Waals surface area contributed by atoms with Gasteiger partial charge in [0.25, 0.3) is 0 Å². The Morgan fingerprint density at radius 3 is 2.68 bits per heavy atom. The van der Waals surface area contributed by atoms with Crippen molar-refractivity contribution >= 4 is 33.6 Å². The van der Waals surface area contributed by atoms with Gasteiger partial charge in [0.2, 0.25) is 5.95 Å². The molecule has 0 saturated carbocycles. The number of aryl methyl sites for hydroxylation is 1. The molecule has 2 heterocycles. The predicted molar refractivity (Wildman–Crippen MR) is 101 cm³/mol. The molecule has 1 unspecified atom stereocenters. The zero-order valence-corrected chi connectivity index (χ0v) is 14.1. The van der Waals surface area contributed by atoms with E-state index in [1.807, 2.05) is 49.6 Å². The van der Waals surface area contributed by atoms with E-state index >= 15 is 0 Å². The molecule has 6 nitrogen and oxygen atoms in total. The van der Waals surface area contributed by atoms with Crippen molar-refractivity contribution in [2.75, 3.05) is 11.5 Å². The van der Waals surface area contributed by atoms with Gasteiger partial charge in [-0.2, -0.15) is 4.98 Å². The number of aromatic nitrogens is 3. The summed E-state index contributed by atoms with van der Waals surface area (Å²) in [7, 11) is 1.99. The van der Waals surface area contributed by atoms with Gasteiger partial charge in [0.05, 0.1) is 22.5 Å². The zero-order valence-electron chi connectivity index (χ0n) is 14.1. The number of hydrogen-bond acceptors (Lipinski definition) is 5. The van der Waals surface area contributed by atoms with Gasteiger partial charge in [-0.1, -0.05) is 18.2 Å². The predicted octanol–water partition coefficient (Wildman–Crippen LogP) is 3.01. The van der Waals surface area contributed by atoms with E-state index in [0.29, 0.717) is 11.3 Å². The molecule has 2 aromatic heterocycles. The Morgan fingerprint density at radius 1 is 1.12 bits per heavy atom. The highest BCUT2D eigenvalue weighted by molar-refractivity contribution is 6.15. The fraction of sp³-hybridized carbons (Fsp3) is 0.158. The van der Waals surface area contributed by atoms with Crippen LogP contribution < -0.4 is 11.5 Å². The van der Waals surface area contributed by atoms with Gasteiger partial charge in [-0.25, -0.2) is 4.98 Å². The highest BCUT2D eigenvalue weighted by Gasteiger charge is 2.16. The molecule has 126 valence electrons. The Kier molecular flexibility index (Phi) is 3.36. The lowest BCUT2D eigenvalue weighted by Crippen LogP contribution is -2.01. The SMILES string of the molecule is CC(O)c1cccc(-c2cc3nc(N)nc(N)c3c3ccn(C)c23)c1. The lowest BCUT2D eigenvalue weighted by Gasteiger charge is -2.13. The van der Waals surface area contributed by atoms with Crippen molar-refractivity contribution in [1.29, 1.82) is 0 Å². The summed E-state index contributed by atoms with van der Waals surface area (Å²) in [5.74, 6) is 0.534. The Labute approximate surface area is 144 Å². The molecule has 4 aromatic rings. The van der Waals surface area contributed by atoms with E-state index in [0.717, 1.165) is 33.0 Å². The lowest BCUT2D eigenvalue weighted by atomic mass is 9.97. The fourth-order valence-corrected chi connectivity index (χ4v) is 3.35. The summed E-state index contributed by atoms with van der Waals surface area (Å²) < 4.78 is 2.05. The van der Waals surface area contributed by atoms with Crippen molar-refractivity contribution in [3.63, 3.8) is 0 Å². The van der Waals surface area contributed by atoms with Crippen LogP contribution in [0.4, 0.5) is 11.8 Å². The number of aliphatic hydroxyl groups excluding tert-OH is 1. The molecule has 0 aliphatic rings. The molecule has 0 radical (unpaired) electrons. The van der Waals surface area contributed by atoms with E-state index in [4.69, 9.17) is 11.5 Å². The second-order valence-electron chi connectivity index (χ2n) is 6.28. The fourth-order valence-electron chi connectivity index (χ4n) is 3.35. The third-order valence-corrected chi connectivity index (χ3v) is 4.54. The molecule has 2 aromatic carbocycles. The first kappa shape index (κ1) is 15.4. The second-order valence-corrected chi connectivity index (χ2v) is 6.28. The van der Waals surface area contributed by atoms with Crippen LogP contribution in [-0.4, -0.2) is 19.6 Å². The maximum Gasteiger partial charge on any atom is 0.222 e. The molecule has 0 aliphatic heterocycles. The third kappa shape index (κ3) is 2.38. The summed E-state index contributed by atoms with van der Waals surface area (Å²) in [4.78, 5) is 8.47. The molecule has 0 spiro atoms. The minimum Gasteiger partial charge on any atom is -0.389 e. The molecule has 0 bridgehead atoms. The Morgan fingerprint density at radius 2 is 1.92 bits per heavy atom. The van der Waals surface area contributed by atoms with Gasteiger partial charge in [0.15, 0.2) is 0 Å². The molecular weight excluding hydrogens is 314 g/mol. The molecule has 0 aliphatic carbocycles. The van der Waals surface area contributed by atoms with Crippen molar-refractivity contribution in [2.24, 2.45) is 7.05 Å². The highest BCUT2D eigenvalue weighted by Crippen LogP contribution is 2.37. The van der Waals surface area contributed by atoms with E-state index in [-0.39, 0.29) is 5.95 Å². The second kappa shape index (κ2) is 5.46. The molecule has 5 N–H and O–H groups in total. The molecule has 0 fully saturated rings. The molecular formula is C19H19N5O. The van der Waals surface area contributed by atoms with Crippen LogP contribution in [-0.2, 0) is 7.05 Å². The molecule has 4 rings (SSSR count). The van der Waals surface area contributed by atoms with Crippen LogP contribution in [0.2, 0.25) is 0 Å². The number of hydrogen-bond donors (Lipinski definition) is 3. The Balaban J connectivity index is 2.12. The summed E-state index contributed by atoms with van der Waals surface area (Å²) in [6.45, 7) is 1.76. The van der Waals surface area contributed by atoms with E-state index in [1.54, 1.807) is 6.92 Å². The molecule has 25 heavy (non-hydrogen) atoms. The minimum atomic E-state index is -0.530. The van der Waals surface area contributed by atoms with Gasteiger partial charge >= 0.3 is 0 Å². The average Bonchev–Trinajstić information content (AvgIpc) is 2.95. The smallest absolute Gasteiger partial charge is 0.222 e. The lowest BCUT2D eigenvalue weighted by molar-refractivity contribution is 0.199. The van der Waals surface area contributed by atoms with Crippen LogP contribution in [0.1, 0.15) is 18.6 Å². The number of nitrogen functional groups attached to an aromatic ring is 2.